The molecule has 1 heterocycles. The fraction of sp³-hybridized carbons (Fsp3) is 0. The third-order valence-corrected chi connectivity index (χ3v) is 1.68. The first-order valence-corrected chi connectivity index (χ1v) is 3.87. The number of rotatable bonds is 1. The van der Waals surface area contributed by atoms with E-state index in [0.717, 1.165) is 5.56 Å². The van der Waals surface area contributed by atoms with Crippen LogP contribution in [0.1, 0.15) is 0 Å². The molecule has 0 saturated heterocycles. The Kier molecular flexibility index (Phi) is 1.92. The molecule has 0 spiro atoms. The van der Waals surface area contributed by atoms with Gasteiger partial charge in [-0.2, -0.15) is 0 Å². The summed E-state index contributed by atoms with van der Waals surface area (Å²) >= 11 is 0. The van der Waals surface area contributed by atoms with Gasteiger partial charge in [0.15, 0.2) is 5.69 Å². The van der Waals surface area contributed by atoms with Crippen LogP contribution < -0.4 is 5.63 Å². The number of hydrogen-bond acceptors (Lipinski definition) is 3. The number of nitrogens with zero attached hydrogens (tertiary/aromatic N) is 1. The summed E-state index contributed by atoms with van der Waals surface area (Å²) in [7, 11) is 0. The van der Waals surface area contributed by atoms with Crippen LogP contribution in [0.15, 0.2) is 52.0 Å². The predicted molar refractivity (Wildman–Crippen MR) is 48.2 cm³/mol. The fourth-order valence-electron chi connectivity index (χ4n) is 1.09. The second kappa shape index (κ2) is 3.23. The zero-order valence-electron chi connectivity index (χ0n) is 6.81. The van der Waals surface area contributed by atoms with Crippen LogP contribution in [-0.4, -0.2) is 4.98 Å². The molecule has 13 heavy (non-hydrogen) atoms. The molecule has 0 N–H and O–H groups in total. The van der Waals surface area contributed by atoms with Crippen LogP contribution in [0.3, 0.4) is 0 Å². The summed E-state index contributed by atoms with van der Waals surface area (Å²) in [5, 5.41) is 0. The van der Waals surface area contributed by atoms with Crippen molar-refractivity contribution in [3.8, 4) is 11.3 Å². The molecule has 0 unspecified atom stereocenters. The van der Waals surface area contributed by atoms with Gasteiger partial charge in [-0.1, -0.05) is 30.3 Å². The van der Waals surface area contributed by atoms with Crippen LogP contribution in [0.2, 0.25) is 0 Å². The van der Waals surface area contributed by atoms with E-state index in [1.807, 2.05) is 30.3 Å². The van der Waals surface area contributed by atoms with Gasteiger partial charge in [-0.15, -0.1) is 0 Å². The molecule has 2 rings (SSSR count). The first kappa shape index (κ1) is 7.73. The smallest absolute Gasteiger partial charge is 0.362 e. The van der Waals surface area contributed by atoms with E-state index in [2.05, 4.69) is 4.98 Å². The number of benzene rings is 1. The van der Waals surface area contributed by atoms with E-state index in [0.29, 0.717) is 5.69 Å². The molecule has 2 aromatic rings. The molecule has 1 aromatic carbocycles. The van der Waals surface area contributed by atoms with Crippen molar-refractivity contribution >= 4 is 0 Å². The highest BCUT2D eigenvalue weighted by atomic mass is 16.4. The summed E-state index contributed by atoms with van der Waals surface area (Å²) in [6.07, 6.45) is 2.73. The minimum absolute atomic E-state index is 0.350. The van der Waals surface area contributed by atoms with E-state index in [1.165, 1.54) is 12.5 Å². The van der Waals surface area contributed by atoms with Crippen molar-refractivity contribution in [2.24, 2.45) is 0 Å². The predicted octanol–water partition coefficient (Wildman–Crippen LogP) is 1.70. The van der Waals surface area contributed by atoms with Gasteiger partial charge in [0.2, 0.25) is 0 Å². The van der Waals surface area contributed by atoms with Gasteiger partial charge in [-0.05, 0) is 0 Å². The van der Waals surface area contributed by atoms with Crippen molar-refractivity contribution in [2.75, 3.05) is 0 Å². The monoisotopic (exact) mass is 173 g/mol. The maximum atomic E-state index is 11.2. The average Bonchev–Trinajstić information content (AvgIpc) is 2.20. The highest BCUT2D eigenvalue weighted by molar-refractivity contribution is 5.56. The lowest BCUT2D eigenvalue weighted by Crippen LogP contribution is -2.03. The standard InChI is InChI=1S/C10H7NO2/c12-10-9(11-6-7-13-10)8-4-2-1-3-5-8/h1-7H. The average molecular weight is 173 g/mol. The van der Waals surface area contributed by atoms with Gasteiger partial charge in [0.05, 0.1) is 6.20 Å². The zero-order valence-corrected chi connectivity index (χ0v) is 6.81. The van der Waals surface area contributed by atoms with Gasteiger partial charge in [-0.25, -0.2) is 9.78 Å². The Bertz CT molecular complexity index is 448. The van der Waals surface area contributed by atoms with Crippen LogP contribution in [0.25, 0.3) is 11.3 Å². The van der Waals surface area contributed by atoms with Crippen molar-refractivity contribution in [3.05, 3.63) is 53.2 Å². The molecule has 0 aliphatic carbocycles. The van der Waals surface area contributed by atoms with E-state index in [4.69, 9.17) is 4.42 Å². The Hall–Kier alpha value is -1.90. The molecule has 3 nitrogen and oxygen atoms in total. The first-order valence-electron chi connectivity index (χ1n) is 3.87. The SMILES string of the molecule is O=c1occnc1-c1ccccc1. The Morgan fingerprint density at radius 1 is 1.15 bits per heavy atom. The number of aromatic nitrogens is 1. The summed E-state index contributed by atoms with van der Waals surface area (Å²) in [5.41, 5.74) is 0.716. The Balaban J connectivity index is 2.60. The molecule has 0 amide bonds. The van der Waals surface area contributed by atoms with E-state index in [-0.39, 0.29) is 0 Å². The summed E-state index contributed by atoms with van der Waals surface area (Å²) in [6.45, 7) is 0. The minimum Gasteiger partial charge on any atom is -0.428 e. The summed E-state index contributed by atoms with van der Waals surface area (Å²) < 4.78 is 4.69. The van der Waals surface area contributed by atoms with E-state index in [9.17, 15) is 4.79 Å². The summed E-state index contributed by atoms with van der Waals surface area (Å²) in [6, 6.07) is 9.22. The topological polar surface area (TPSA) is 43.1 Å². The molecule has 64 valence electrons. The van der Waals surface area contributed by atoms with Crippen LogP contribution in [-0.2, 0) is 0 Å². The van der Waals surface area contributed by atoms with Crippen LogP contribution in [0.5, 0.6) is 0 Å². The van der Waals surface area contributed by atoms with Crippen molar-refractivity contribution in [1.82, 2.24) is 4.98 Å². The van der Waals surface area contributed by atoms with Crippen LogP contribution in [0.4, 0.5) is 0 Å². The lowest BCUT2D eigenvalue weighted by atomic mass is 10.2. The lowest BCUT2D eigenvalue weighted by Gasteiger charge is -1.95. The largest absolute Gasteiger partial charge is 0.428 e. The molecule has 0 bridgehead atoms. The first-order chi connectivity index (χ1) is 6.38. The lowest BCUT2D eigenvalue weighted by molar-refractivity contribution is 0.505. The molecule has 0 radical (unpaired) electrons. The molecular weight excluding hydrogens is 166 g/mol. The van der Waals surface area contributed by atoms with E-state index < -0.39 is 5.63 Å². The molecule has 0 aliphatic rings. The van der Waals surface area contributed by atoms with Gasteiger partial charge in [0.1, 0.15) is 6.26 Å². The van der Waals surface area contributed by atoms with Gasteiger partial charge in [0.25, 0.3) is 0 Å². The van der Waals surface area contributed by atoms with Crippen molar-refractivity contribution in [1.29, 1.82) is 0 Å². The second-order valence-electron chi connectivity index (χ2n) is 2.53. The minimum atomic E-state index is -0.409. The Morgan fingerprint density at radius 2 is 1.92 bits per heavy atom. The zero-order chi connectivity index (χ0) is 9.10. The van der Waals surface area contributed by atoms with E-state index in [1.54, 1.807) is 0 Å². The Morgan fingerprint density at radius 3 is 2.62 bits per heavy atom. The van der Waals surface area contributed by atoms with Gasteiger partial charge >= 0.3 is 5.63 Å². The molecule has 1 aromatic heterocycles. The third-order valence-electron chi connectivity index (χ3n) is 1.68. The van der Waals surface area contributed by atoms with Gasteiger partial charge in [-0.3, -0.25) is 0 Å². The van der Waals surface area contributed by atoms with E-state index >= 15 is 0 Å². The fourth-order valence-corrected chi connectivity index (χ4v) is 1.09. The molecule has 0 aliphatic heterocycles. The second-order valence-corrected chi connectivity index (χ2v) is 2.53. The maximum absolute atomic E-state index is 11.2. The highest BCUT2D eigenvalue weighted by Gasteiger charge is 2.03. The summed E-state index contributed by atoms with van der Waals surface area (Å²) in [5.74, 6) is 0. The van der Waals surface area contributed by atoms with Gasteiger partial charge in [0, 0.05) is 5.56 Å². The maximum Gasteiger partial charge on any atom is 0.362 e. The molecule has 0 fully saturated rings. The summed E-state index contributed by atoms with van der Waals surface area (Å²) in [4.78, 5) is 15.1. The molecule has 0 atom stereocenters. The number of hydrogen-bond donors (Lipinski definition) is 0. The normalized spacial score (nSPS) is 9.85. The molecule has 3 heteroatoms. The highest BCUT2D eigenvalue weighted by Crippen LogP contribution is 2.10. The third kappa shape index (κ3) is 1.49. The van der Waals surface area contributed by atoms with Crippen molar-refractivity contribution in [3.63, 3.8) is 0 Å². The van der Waals surface area contributed by atoms with Crippen molar-refractivity contribution < 1.29 is 4.42 Å². The Labute approximate surface area is 74.7 Å². The molecule has 0 saturated carbocycles. The van der Waals surface area contributed by atoms with Gasteiger partial charge < -0.3 is 4.42 Å². The molecular formula is C10H7NO2. The van der Waals surface area contributed by atoms with Crippen LogP contribution >= 0.6 is 0 Å². The quantitative estimate of drug-likeness (QED) is 0.659. The van der Waals surface area contributed by atoms with Crippen LogP contribution in [0, 0.1) is 0 Å². The van der Waals surface area contributed by atoms with Crippen molar-refractivity contribution in [2.45, 2.75) is 0 Å².